The molecule has 0 aliphatic carbocycles. The lowest BCUT2D eigenvalue weighted by atomic mass is 10.3. The van der Waals surface area contributed by atoms with Crippen LogP contribution in [0.4, 0.5) is 10.9 Å². The molecule has 4 heterocycles. The minimum Gasteiger partial charge on any atom is -0.350 e. The number of fused-ring (bicyclic) bond motifs is 2. The molecule has 0 amide bonds. The molecule has 7 nitrogen and oxygen atoms in total. The van der Waals surface area contributed by atoms with Gasteiger partial charge in [0.15, 0.2) is 10.9 Å². The molecule has 1 saturated heterocycles. The molecule has 0 N–H and O–H groups in total. The van der Waals surface area contributed by atoms with Crippen LogP contribution in [0.1, 0.15) is 0 Å². The standard InChI is InChI=1S/C17H17N7S2/c1-25-12-2-3-13-14(10-12)26-17(20-13)23-8-6-22(7-9-23)15-16-21-19-11-24(16)5-4-18-15/h2-5,10-11H,6-9H2,1H3. The molecule has 26 heavy (non-hydrogen) atoms. The maximum Gasteiger partial charge on any atom is 0.203 e. The van der Waals surface area contributed by atoms with Gasteiger partial charge in [0.1, 0.15) is 6.33 Å². The van der Waals surface area contributed by atoms with Crippen molar-refractivity contribution in [3.63, 3.8) is 0 Å². The van der Waals surface area contributed by atoms with Gasteiger partial charge < -0.3 is 9.80 Å². The van der Waals surface area contributed by atoms with Gasteiger partial charge in [0.05, 0.1) is 10.2 Å². The Morgan fingerprint density at radius 1 is 1.12 bits per heavy atom. The average molecular weight is 384 g/mol. The van der Waals surface area contributed by atoms with Crippen molar-refractivity contribution in [3.8, 4) is 0 Å². The first-order valence-corrected chi connectivity index (χ1v) is 10.4. The first kappa shape index (κ1) is 15.8. The third-order valence-electron chi connectivity index (χ3n) is 4.63. The normalized spacial score (nSPS) is 15.3. The van der Waals surface area contributed by atoms with Gasteiger partial charge in [-0.15, -0.1) is 22.0 Å². The maximum atomic E-state index is 4.83. The monoisotopic (exact) mass is 383 g/mol. The van der Waals surface area contributed by atoms with Crippen LogP contribution < -0.4 is 9.80 Å². The second-order valence-corrected chi connectivity index (χ2v) is 8.01. The van der Waals surface area contributed by atoms with Crippen molar-refractivity contribution < 1.29 is 0 Å². The molecular formula is C17H17N7S2. The molecule has 3 aromatic heterocycles. The Morgan fingerprint density at radius 2 is 1.96 bits per heavy atom. The summed E-state index contributed by atoms with van der Waals surface area (Å²) in [4.78, 5) is 15.3. The van der Waals surface area contributed by atoms with Crippen LogP contribution in [-0.2, 0) is 0 Å². The molecule has 0 bridgehead atoms. The first-order chi connectivity index (χ1) is 12.8. The van der Waals surface area contributed by atoms with Gasteiger partial charge in [-0.05, 0) is 24.5 Å². The summed E-state index contributed by atoms with van der Waals surface area (Å²) < 4.78 is 3.16. The summed E-state index contributed by atoms with van der Waals surface area (Å²) in [5.41, 5.74) is 1.89. The molecule has 0 radical (unpaired) electrons. The van der Waals surface area contributed by atoms with Crippen LogP contribution >= 0.6 is 23.1 Å². The van der Waals surface area contributed by atoms with Crippen LogP contribution in [0, 0.1) is 0 Å². The summed E-state index contributed by atoms with van der Waals surface area (Å²) in [6, 6.07) is 6.49. The van der Waals surface area contributed by atoms with E-state index in [0.717, 1.165) is 48.3 Å². The fraction of sp³-hybridized carbons (Fsp3) is 0.294. The number of hydrogen-bond acceptors (Lipinski definition) is 8. The third-order valence-corrected chi connectivity index (χ3v) is 6.44. The number of rotatable bonds is 3. The van der Waals surface area contributed by atoms with E-state index in [4.69, 9.17) is 4.98 Å². The molecule has 1 aliphatic rings. The molecule has 4 aromatic rings. The van der Waals surface area contributed by atoms with Crippen LogP contribution in [0.5, 0.6) is 0 Å². The van der Waals surface area contributed by atoms with Crippen molar-refractivity contribution in [3.05, 3.63) is 36.9 Å². The Bertz CT molecular complexity index is 1070. The van der Waals surface area contributed by atoms with Gasteiger partial charge in [-0.2, -0.15) is 0 Å². The van der Waals surface area contributed by atoms with Gasteiger partial charge in [-0.3, -0.25) is 4.40 Å². The second-order valence-electron chi connectivity index (χ2n) is 6.12. The molecule has 1 aromatic carbocycles. The van der Waals surface area contributed by atoms with Crippen LogP contribution in [0.2, 0.25) is 0 Å². The number of nitrogens with zero attached hydrogens (tertiary/aromatic N) is 7. The number of piperazine rings is 1. The van der Waals surface area contributed by atoms with E-state index in [9.17, 15) is 0 Å². The Balaban J connectivity index is 1.36. The van der Waals surface area contributed by atoms with E-state index in [1.807, 2.05) is 10.6 Å². The van der Waals surface area contributed by atoms with E-state index >= 15 is 0 Å². The zero-order valence-electron chi connectivity index (χ0n) is 14.2. The molecule has 5 rings (SSSR count). The van der Waals surface area contributed by atoms with E-state index in [2.05, 4.69) is 49.4 Å². The predicted molar refractivity (Wildman–Crippen MR) is 107 cm³/mol. The first-order valence-electron chi connectivity index (χ1n) is 8.40. The van der Waals surface area contributed by atoms with E-state index in [1.54, 1.807) is 35.6 Å². The molecule has 1 fully saturated rings. The molecular weight excluding hydrogens is 366 g/mol. The highest BCUT2D eigenvalue weighted by Gasteiger charge is 2.22. The van der Waals surface area contributed by atoms with Gasteiger partial charge in [-0.1, -0.05) is 11.3 Å². The van der Waals surface area contributed by atoms with Crippen LogP contribution in [0.3, 0.4) is 0 Å². The van der Waals surface area contributed by atoms with Crippen molar-refractivity contribution in [2.24, 2.45) is 0 Å². The zero-order valence-corrected chi connectivity index (χ0v) is 15.9. The summed E-state index contributed by atoms with van der Waals surface area (Å²) in [7, 11) is 0. The summed E-state index contributed by atoms with van der Waals surface area (Å²) in [5, 5.41) is 9.29. The number of benzene rings is 1. The van der Waals surface area contributed by atoms with Crippen LogP contribution in [0.15, 0.2) is 41.8 Å². The van der Waals surface area contributed by atoms with E-state index in [-0.39, 0.29) is 0 Å². The SMILES string of the molecule is CSc1ccc2nc(N3CCN(c4nccn5cnnc45)CC3)sc2c1. The van der Waals surface area contributed by atoms with Crippen molar-refractivity contribution in [1.29, 1.82) is 0 Å². The summed E-state index contributed by atoms with van der Waals surface area (Å²) in [6.07, 6.45) is 7.49. The molecule has 0 saturated carbocycles. The maximum absolute atomic E-state index is 4.83. The number of thiazole rings is 1. The second kappa shape index (κ2) is 6.40. The third kappa shape index (κ3) is 2.67. The van der Waals surface area contributed by atoms with E-state index < -0.39 is 0 Å². The molecule has 1 aliphatic heterocycles. The topological polar surface area (TPSA) is 62.5 Å². The lowest BCUT2D eigenvalue weighted by molar-refractivity contribution is 0.646. The molecule has 0 unspecified atom stereocenters. The number of hydrogen-bond donors (Lipinski definition) is 0. The van der Waals surface area contributed by atoms with Gasteiger partial charge in [-0.25, -0.2) is 9.97 Å². The molecule has 9 heteroatoms. The smallest absolute Gasteiger partial charge is 0.203 e. The van der Waals surface area contributed by atoms with Gasteiger partial charge in [0, 0.05) is 43.5 Å². The van der Waals surface area contributed by atoms with Gasteiger partial charge in [0.2, 0.25) is 5.65 Å². The van der Waals surface area contributed by atoms with Gasteiger partial charge in [0.25, 0.3) is 0 Å². The Hall–Kier alpha value is -2.39. The minimum absolute atomic E-state index is 0.811. The Kier molecular flexibility index (Phi) is 3.90. The Labute approximate surface area is 158 Å². The number of anilines is 2. The summed E-state index contributed by atoms with van der Waals surface area (Å²) in [6.45, 7) is 3.63. The van der Waals surface area contributed by atoms with Crippen molar-refractivity contribution >= 4 is 49.9 Å². The fourth-order valence-electron chi connectivity index (χ4n) is 3.23. The highest BCUT2D eigenvalue weighted by Crippen LogP contribution is 2.32. The average Bonchev–Trinajstić information content (AvgIpc) is 3.34. The van der Waals surface area contributed by atoms with E-state index in [1.165, 1.54) is 9.60 Å². The number of thioether (sulfide) groups is 1. The molecule has 132 valence electrons. The lowest BCUT2D eigenvalue weighted by Crippen LogP contribution is -2.47. The predicted octanol–water partition coefficient (Wildman–Crippen LogP) is 2.78. The van der Waals surface area contributed by atoms with Gasteiger partial charge >= 0.3 is 0 Å². The van der Waals surface area contributed by atoms with Crippen LogP contribution in [0.25, 0.3) is 15.9 Å². The largest absolute Gasteiger partial charge is 0.350 e. The van der Waals surface area contributed by atoms with Crippen LogP contribution in [-0.4, -0.2) is 57.0 Å². The quantitative estimate of drug-likeness (QED) is 0.504. The summed E-state index contributed by atoms with van der Waals surface area (Å²) >= 11 is 3.54. The minimum atomic E-state index is 0.811. The van der Waals surface area contributed by atoms with E-state index in [0.29, 0.717) is 0 Å². The highest BCUT2D eigenvalue weighted by atomic mass is 32.2. The number of aromatic nitrogens is 5. The van der Waals surface area contributed by atoms with Crippen molar-refractivity contribution in [2.45, 2.75) is 4.90 Å². The lowest BCUT2D eigenvalue weighted by Gasteiger charge is -2.35. The van der Waals surface area contributed by atoms with Crippen molar-refractivity contribution in [1.82, 2.24) is 24.6 Å². The highest BCUT2D eigenvalue weighted by molar-refractivity contribution is 7.98. The zero-order chi connectivity index (χ0) is 17.5. The molecule has 0 spiro atoms. The summed E-state index contributed by atoms with van der Waals surface area (Å²) in [5.74, 6) is 0.901. The Morgan fingerprint density at radius 3 is 2.81 bits per heavy atom. The molecule has 0 atom stereocenters. The fourth-order valence-corrected chi connectivity index (χ4v) is 4.80. The van der Waals surface area contributed by atoms with Crippen molar-refractivity contribution in [2.75, 3.05) is 42.2 Å².